The van der Waals surface area contributed by atoms with E-state index >= 15 is 0 Å². The maximum absolute atomic E-state index is 12.7. The van der Waals surface area contributed by atoms with Crippen molar-refractivity contribution in [1.82, 2.24) is 4.90 Å². The minimum absolute atomic E-state index is 0. The number of carbonyl (C=O) groups is 1. The molecule has 1 unspecified atom stereocenters. The van der Waals surface area contributed by atoms with Crippen LogP contribution in [0.5, 0.6) is 5.75 Å². The first kappa shape index (κ1) is 19.1. The molecule has 0 saturated heterocycles. The maximum Gasteiger partial charge on any atom is 0.223 e. The van der Waals surface area contributed by atoms with Gasteiger partial charge in [0.15, 0.2) is 0 Å². The molecule has 1 amide bonds. The molecule has 1 heterocycles. The van der Waals surface area contributed by atoms with E-state index in [-0.39, 0.29) is 24.4 Å². The molecule has 0 aromatic heterocycles. The minimum atomic E-state index is 0. The van der Waals surface area contributed by atoms with Gasteiger partial charge in [0.2, 0.25) is 5.91 Å². The number of nitrogens with zero attached hydrogens (tertiary/aromatic N) is 1. The Morgan fingerprint density at radius 1 is 1.38 bits per heavy atom. The standard InChI is InChI=1S/C19H28N2O2.ClH/c1-14(20)6-9-19(22)21(17-4-2-3-5-17)13-15-7-8-18-16(12-15)10-11-23-18;/h7-8,12,14,17H,2-6,9-11,13,20H2,1H3;1H. The topological polar surface area (TPSA) is 55.6 Å². The number of hydrogen-bond acceptors (Lipinski definition) is 3. The Morgan fingerprint density at radius 3 is 2.83 bits per heavy atom. The fourth-order valence-corrected chi connectivity index (χ4v) is 3.67. The number of carbonyl (C=O) groups excluding carboxylic acids is 1. The molecule has 2 N–H and O–H groups in total. The fraction of sp³-hybridized carbons (Fsp3) is 0.632. The normalized spacial score (nSPS) is 17.8. The van der Waals surface area contributed by atoms with E-state index in [1.165, 1.54) is 24.0 Å². The van der Waals surface area contributed by atoms with Gasteiger partial charge in [0, 0.05) is 31.5 Å². The van der Waals surface area contributed by atoms with E-state index in [1.54, 1.807) is 0 Å². The van der Waals surface area contributed by atoms with Gasteiger partial charge in [-0.05, 0) is 43.4 Å². The second-order valence-corrected chi connectivity index (χ2v) is 7.02. The van der Waals surface area contributed by atoms with Crippen LogP contribution < -0.4 is 10.5 Å². The number of ether oxygens (including phenoxy) is 1. The Bertz CT molecular complexity index is 556. The summed E-state index contributed by atoms with van der Waals surface area (Å²) in [4.78, 5) is 14.8. The van der Waals surface area contributed by atoms with E-state index in [2.05, 4.69) is 23.1 Å². The molecule has 1 aliphatic heterocycles. The van der Waals surface area contributed by atoms with Gasteiger partial charge in [-0.15, -0.1) is 12.4 Å². The predicted octanol–water partition coefficient (Wildman–Crippen LogP) is 3.44. The Labute approximate surface area is 151 Å². The second kappa shape index (κ2) is 8.72. The summed E-state index contributed by atoms with van der Waals surface area (Å²) in [6.45, 7) is 3.46. The third-order valence-electron chi connectivity index (χ3n) is 5.01. The smallest absolute Gasteiger partial charge is 0.223 e. The zero-order valence-electron chi connectivity index (χ0n) is 14.5. The van der Waals surface area contributed by atoms with Gasteiger partial charge in [0.1, 0.15) is 5.75 Å². The maximum atomic E-state index is 12.7. The van der Waals surface area contributed by atoms with Crippen LogP contribution in [0.15, 0.2) is 18.2 Å². The summed E-state index contributed by atoms with van der Waals surface area (Å²) >= 11 is 0. The number of nitrogens with two attached hydrogens (primary N) is 1. The number of rotatable bonds is 6. The molecule has 4 nitrogen and oxygen atoms in total. The summed E-state index contributed by atoms with van der Waals surface area (Å²) in [5.74, 6) is 1.26. The summed E-state index contributed by atoms with van der Waals surface area (Å²) in [6, 6.07) is 6.85. The lowest BCUT2D eigenvalue weighted by Gasteiger charge is -2.29. The van der Waals surface area contributed by atoms with Crippen molar-refractivity contribution in [3.8, 4) is 5.75 Å². The molecule has 2 aliphatic rings. The molecule has 1 atom stereocenters. The zero-order chi connectivity index (χ0) is 16.2. The van der Waals surface area contributed by atoms with Crippen molar-refractivity contribution in [2.75, 3.05) is 6.61 Å². The molecular formula is C19H29ClN2O2. The molecule has 5 heteroatoms. The molecule has 3 rings (SSSR count). The first-order chi connectivity index (χ1) is 11.1. The monoisotopic (exact) mass is 352 g/mol. The lowest BCUT2D eigenvalue weighted by Crippen LogP contribution is -2.38. The third-order valence-corrected chi connectivity index (χ3v) is 5.01. The highest BCUT2D eigenvalue weighted by molar-refractivity contribution is 5.85. The number of halogens is 1. The molecule has 1 fully saturated rings. The van der Waals surface area contributed by atoms with Crippen LogP contribution in [0.25, 0.3) is 0 Å². The SMILES string of the molecule is CC(N)CCC(=O)N(Cc1ccc2c(c1)CCO2)C1CCCC1.Cl. The van der Waals surface area contributed by atoms with Gasteiger partial charge in [-0.1, -0.05) is 25.0 Å². The van der Waals surface area contributed by atoms with Gasteiger partial charge in [-0.3, -0.25) is 4.79 Å². The molecule has 134 valence electrons. The third kappa shape index (κ3) is 4.64. The molecule has 1 aromatic carbocycles. The van der Waals surface area contributed by atoms with Crippen LogP contribution in [0, 0.1) is 0 Å². The quantitative estimate of drug-likeness (QED) is 0.853. The van der Waals surface area contributed by atoms with Crippen LogP contribution >= 0.6 is 12.4 Å². The van der Waals surface area contributed by atoms with E-state index in [0.29, 0.717) is 12.5 Å². The van der Waals surface area contributed by atoms with Crippen molar-refractivity contribution in [3.63, 3.8) is 0 Å². The Kier molecular flexibility index (Phi) is 6.93. The summed E-state index contributed by atoms with van der Waals surface area (Å²) < 4.78 is 5.58. The van der Waals surface area contributed by atoms with Gasteiger partial charge in [-0.25, -0.2) is 0 Å². The van der Waals surface area contributed by atoms with Gasteiger partial charge >= 0.3 is 0 Å². The fourth-order valence-electron chi connectivity index (χ4n) is 3.67. The van der Waals surface area contributed by atoms with Crippen LogP contribution in [-0.4, -0.2) is 29.5 Å². The van der Waals surface area contributed by atoms with Crippen LogP contribution in [0.2, 0.25) is 0 Å². The number of fused-ring (bicyclic) bond motifs is 1. The van der Waals surface area contributed by atoms with E-state index in [1.807, 2.05) is 6.92 Å². The van der Waals surface area contributed by atoms with Crippen molar-refractivity contribution >= 4 is 18.3 Å². The van der Waals surface area contributed by atoms with E-state index < -0.39 is 0 Å². The first-order valence-electron chi connectivity index (χ1n) is 8.93. The molecule has 24 heavy (non-hydrogen) atoms. The molecule has 0 spiro atoms. The molecular weight excluding hydrogens is 324 g/mol. The van der Waals surface area contributed by atoms with Gasteiger partial charge in [0.05, 0.1) is 6.61 Å². The molecule has 1 aliphatic carbocycles. The number of benzene rings is 1. The zero-order valence-corrected chi connectivity index (χ0v) is 15.3. The Morgan fingerprint density at radius 2 is 2.12 bits per heavy atom. The minimum Gasteiger partial charge on any atom is -0.493 e. The highest BCUT2D eigenvalue weighted by atomic mass is 35.5. The van der Waals surface area contributed by atoms with Crippen molar-refractivity contribution < 1.29 is 9.53 Å². The van der Waals surface area contributed by atoms with Crippen molar-refractivity contribution in [3.05, 3.63) is 29.3 Å². The van der Waals surface area contributed by atoms with Crippen LogP contribution in [0.3, 0.4) is 0 Å². The van der Waals surface area contributed by atoms with Crippen LogP contribution in [0.4, 0.5) is 0 Å². The number of hydrogen-bond donors (Lipinski definition) is 1. The Hall–Kier alpha value is -1.26. The lowest BCUT2D eigenvalue weighted by atomic mass is 10.1. The average molecular weight is 353 g/mol. The molecule has 0 bridgehead atoms. The lowest BCUT2D eigenvalue weighted by molar-refractivity contribution is -0.134. The van der Waals surface area contributed by atoms with Gasteiger partial charge < -0.3 is 15.4 Å². The average Bonchev–Trinajstić information content (AvgIpc) is 3.20. The largest absolute Gasteiger partial charge is 0.493 e. The van der Waals surface area contributed by atoms with E-state index in [4.69, 9.17) is 10.5 Å². The van der Waals surface area contributed by atoms with Crippen LogP contribution in [-0.2, 0) is 17.8 Å². The van der Waals surface area contributed by atoms with E-state index in [9.17, 15) is 4.79 Å². The molecule has 1 saturated carbocycles. The van der Waals surface area contributed by atoms with Crippen LogP contribution in [0.1, 0.15) is 56.6 Å². The summed E-state index contributed by atoms with van der Waals surface area (Å²) in [7, 11) is 0. The van der Waals surface area contributed by atoms with Crippen molar-refractivity contribution in [1.29, 1.82) is 0 Å². The first-order valence-corrected chi connectivity index (χ1v) is 8.93. The number of amides is 1. The van der Waals surface area contributed by atoms with Gasteiger partial charge in [0.25, 0.3) is 0 Å². The summed E-state index contributed by atoms with van der Waals surface area (Å²) in [5, 5.41) is 0. The summed E-state index contributed by atoms with van der Waals surface area (Å²) in [5.41, 5.74) is 8.32. The van der Waals surface area contributed by atoms with E-state index in [0.717, 1.165) is 44.6 Å². The Balaban J connectivity index is 0.00000208. The molecule has 0 radical (unpaired) electrons. The van der Waals surface area contributed by atoms with Gasteiger partial charge in [-0.2, -0.15) is 0 Å². The highest BCUT2D eigenvalue weighted by Gasteiger charge is 2.27. The predicted molar refractivity (Wildman–Crippen MR) is 98.6 cm³/mol. The van der Waals surface area contributed by atoms with Crippen molar-refractivity contribution in [2.24, 2.45) is 5.73 Å². The highest BCUT2D eigenvalue weighted by Crippen LogP contribution is 2.29. The molecule has 1 aromatic rings. The second-order valence-electron chi connectivity index (χ2n) is 7.02. The summed E-state index contributed by atoms with van der Waals surface area (Å²) in [6.07, 6.45) is 7.04. The van der Waals surface area contributed by atoms with Crippen molar-refractivity contribution in [2.45, 2.75) is 70.5 Å².